The Balaban J connectivity index is 0.649. The predicted molar refractivity (Wildman–Crippen MR) is 498 cm³/mol. The number of para-hydroxylation sites is 1. The number of nitrogens with two attached hydrogens (primary N) is 1. The molecule has 3 saturated carbocycles. The Hall–Kier alpha value is -8.84. The molecule has 0 spiro atoms. The molecule has 36 nitrogen and oxygen atoms in total. The molecule has 0 bridgehead atoms. The van der Waals surface area contributed by atoms with Crippen molar-refractivity contribution in [2.24, 2.45) is 40.3 Å². The van der Waals surface area contributed by atoms with E-state index in [1.807, 2.05) is 67.5 Å². The first-order valence-electron chi connectivity index (χ1n) is 48.3. The number of rotatable bonds is 59. The molecule has 8 aliphatic rings. The van der Waals surface area contributed by atoms with Crippen molar-refractivity contribution < 1.29 is 118 Å². The van der Waals surface area contributed by atoms with Gasteiger partial charge in [0.05, 0.1) is 206 Å². The van der Waals surface area contributed by atoms with Gasteiger partial charge in [0.1, 0.15) is 24.9 Å². The predicted octanol–water partition coefficient (Wildman–Crippen LogP) is 4.96. The molecule has 135 heavy (non-hydrogen) atoms. The number of nitrogens with zero attached hydrogens (tertiary/aromatic N) is 3. The summed E-state index contributed by atoms with van der Waals surface area (Å²) in [5.41, 5.74) is 8.65. The zero-order valence-electron chi connectivity index (χ0n) is 80.6. The van der Waals surface area contributed by atoms with Crippen LogP contribution in [0.25, 0.3) is 11.4 Å². The minimum atomic E-state index is -2.42. The number of hydrazine groups is 3. The van der Waals surface area contributed by atoms with Crippen LogP contribution in [0.4, 0.5) is 14.5 Å². The first-order chi connectivity index (χ1) is 64.8. The number of carbonyl (C=O) groups excluding carboxylic acids is 10. The van der Waals surface area contributed by atoms with E-state index < -0.39 is 124 Å². The van der Waals surface area contributed by atoms with Crippen molar-refractivity contribution in [1.82, 2.24) is 58.6 Å². The number of likely N-dealkylation sites (N-methyl/N-ethyl adjacent to an activating group) is 1. The fourth-order valence-corrected chi connectivity index (χ4v) is 19.8. The van der Waals surface area contributed by atoms with Gasteiger partial charge in [-0.1, -0.05) is 102 Å². The van der Waals surface area contributed by atoms with Crippen LogP contribution >= 0.6 is 0 Å². The van der Waals surface area contributed by atoms with E-state index in [-0.39, 0.29) is 159 Å². The molecule has 38 heteroatoms. The maximum atomic E-state index is 18.2. The summed E-state index contributed by atoms with van der Waals surface area (Å²) in [5, 5.41) is 34.5. The third-order valence-corrected chi connectivity index (χ3v) is 26.9. The van der Waals surface area contributed by atoms with Crippen LogP contribution in [-0.4, -0.2) is 307 Å². The summed E-state index contributed by atoms with van der Waals surface area (Å²) in [6.07, 6.45) is 3.46. The van der Waals surface area contributed by atoms with Crippen LogP contribution in [-0.2, 0) is 107 Å². The van der Waals surface area contributed by atoms with Crippen LogP contribution in [0.1, 0.15) is 174 Å². The highest BCUT2D eigenvalue weighted by molar-refractivity contribution is 6.03. The topological polar surface area (TPSA) is 445 Å². The van der Waals surface area contributed by atoms with Gasteiger partial charge in [-0.05, 0) is 112 Å². The first kappa shape index (κ1) is 108. The summed E-state index contributed by atoms with van der Waals surface area (Å²) < 4.78 is 100. The van der Waals surface area contributed by atoms with E-state index in [1.165, 1.54) is 26.0 Å². The number of aliphatic hydroxyl groups is 1. The highest BCUT2D eigenvalue weighted by Crippen LogP contribution is 2.72. The lowest BCUT2D eigenvalue weighted by Gasteiger charge is -2.63. The third-order valence-electron chi connectivity index (χ3n) is 26.9. The second kappa shape index (κ2) is 52.8. The van der Waals surface area contributed by atoms with E-state index in [4.69, 9.17) is 57.9 Å². The number of halogens is 2. The average Bonchev–Trinajstić information content (AvgIpc) is 1.53. The molecule has 1 saturated heterocycles. The summed E-state index contributed by atoms with van der Waals surface area (Å²) in [5.74, 6) is -1.64. The van der Waals surface area contributed by atoms with Crippen LogP contribution in [0.2, 0.25) is 0 Å². The molecule has 2 unspecified atom stereocenters. The molecule has 14 atom stereocenters. The number of ether oxygens (including phenoxy) is 11. The number of benzene rings is 2. The molecule has 13 N–H and O–H groups in total. The normalized spacial score (nSPS) is 25.2. The molecule has 7 amide bonds. The molecule has 752 valence electrons. The Bertz CT molecular complexity index is 4420. The number of hydrogen-bond donors (Lipinski definition) is 12. The van der Waals surface area contributed by atoms with Gasteiger partial charge in [0.15, 0.2) is 34.9 Å². The highest BCUT2D eigenvalue weighted by atomic mass is 19.1. The summed E-state index contributed by atoms with van der Waals surface area (Å²) in [4.78, 5) is 138. The monoisotopic (exact) mass is 1900 g/mol. The van der Waals surface area contributed by atoms with Gasteiger partial charge < -0.3 is 115 Å². The van der Waals surface area contributed by atoms with Gasteiger partial charge in [0.2, 0.25) is 41.4 Å². The molecule has 5 aliphatic carbocycles. The van der Waals surface area contributed by atoms with Crippen LogP contribution in [0.15, 0.2) is 83.7 Å². The van der Waals surface area contributed by atoms with Gasteiger partial charge in [-0.2, -0.15) is 0 Å². The Kier molecular flexibility index (Phi) is 42.3. The van der Waals surface area contributed by atoms with Gasteiger partial charge in [0, 0.05) is 86.0 Å². The molecule has 2 aromatic carbocycles. The second-order valence-electron chi connectivity index (χ2n) is 37.8. The number of Topliss-reactive ketones (excluding diaryl/α,β-unsaturated/α-hetero) is 2. The maximum absolute atomic E-state index is 18.2. The number of hydrogen-bond acceptors (Lipinski definition) is 28. The van der Waals surface area contributed by atoms with Gasteiger partial charge in [0.25, 0.3) is 0 Å². The Morgan fingerprint density at radius 1 is 0.689 bits per heavy atom. The first-order valence-corrected chi connectivity index (χ1v) is 48.3. The van der Waals surface area contributed by atoms with E-state index in [1.54, 1.807) is 25.7 Å². The molecule has 2 aromatic rings. The van der Waals surface area contributed by atoms with E-state index in [2.05, 4.69) is 74.7 Å². The summed E-state index contributed by atoms with van der Waals surface area (Å²) >= 11 is 0. The lowest BCUT2D eigenvalue weighted by molar-refractivity contribution is -0.869. The van der Waals surface area contributed by atoms with Crippen LogP contribution in [0.3, 0.4) is 0 Å². The number of quaternary nitrogens is 1. The Morgan fingerprint density at radius 3 is 1.97 bits per heavy atom. The number of ketones is 3. The van der Waals surface area contributed by atoms with Crippen molar-refractivity contribution in [1.29, 1.82) is 0 Å². The second-order valence-corrected chi connectivity index (χ2v) is 37.8. The average molecular weight is 1900 g/mol. The quantitative estimate of drug-likeness (QED) is 0.0180. The van der Waals surface area contributed by atoms with Crippen molar-refractivity contribution in [2.75, 3.05) is 185 Å². The number of amides is 7. The number of alkyl halides is 2. The van der Waals surface area contributed by atoms with Gasteiger partial charge in [-0.25, -0.2) is 8.78 Å². The fourth-order valence-electron chi connectivity index (χ4n) is 19.8. The summed E-state index contributed by atoms with van der Waals surface area (Å²) in [6.45, 7) is 16.7. The van der Waals surface area contributed by atoms with Crippen molar-refractivity contribution in [3.8, 4) is 0 Å². The van der Waals surface area contributed by atoms with Gasteiger partial charge in [-0.15, -0.1) is 5.53 Å². The standard InChI is InChI=1S/C97H148F2N14O22/c1-11-21-87-134-81-59-70-71-58-73(98)72-57-67(114)31-34-94(72,5)96(71,99)79(116)60-95(70,6)97(81,135-87)80(117)61-105-92(123)65(4)56-77(115)88(64(2)3)107-93(124)74(25-19-20-35-102-85(121)63-133-78-28-14-12-13-27-76-91(78)109-110-112(76)38-43-128-47-51-132-55-53-129-48-44-125-40-32-83(119)103-36-39-113(8,9)10)106-84(120)33-41-126-45-49-130-52-54-131-50-46-127-42-37-104-82(118)29-30-86(122)111-62-66-22-15-16-23-68(66)89(101-7)90(108-100)69-24-17-18-26-75(69)111/h15-18,22-24,26,31,34,57,64-65,70-71,73-74,78-79,81,87-88,101,108-110,116H,11-14,19-21,25,27-30,32-33,35-56,58-63,100H2,1-10H3,(H5-,102,103,104,105,106,107,118,119,120,121,123,124)/p+1/b90-89-/t65-,70+,71+,73+,74-,78?,79+,81-,87?,88+,94+,95+,96+,97-/m1/s1. The minimum Gasteiger partial charge on any atom is -0.390 e. The molecular weight excluding hydrogens is 1750 g/mol. The Labute approximate surface area is 792 Å². The SMILES string of the molecule is CCCC1O[C@@H]2C[C@H]3[C@@H]4C[C@H](F)C5=CC(=O)C=C[C@]5(C)[C@@]4(F)[C@@H](O)C[C@]3(C)[C@]2(C(=O)CNC(=O)[C@H](C)CC(=O)[C@@H](NC(=O)[C@@H](CCCCNC(=O)COC2CCCCCC3=C2NNN3CCOCCOCCOCCOCCC(=O)NCC[N+](C)(C)C)NC(=O)CCOCCOCCOCCOCCNC(=O)CCC(=O)N2Cc3ccccc3/C(NC)=C(/NN)c3ccccc32)C(C)C)O1. The van der Waals surface area contributed by atoms with E-state index in [0.29, 0.717) is 122 Å². The lowest BCUT2D eigenvalue weighted by Crippen LogP contribution is -2.71. The molecule has 3 aliphatic heterocycles. The smallest absolute Gasteiger partial charge is 0.246 e. The van der Waals surface area contributed by atoms with Crippen molar-refractivity contribution in [3.05, 3.63) is 100 Å². The Morgan fingerprint density at radius 2 is 1.31 bits per heavy atom. The lowest BCUT2D eigenvalue weighted by atomic mass is 9.44. The minimum absolute atomic E-state index is 0.0253. The number of carbonyl (C=O) groups is 10. The number of anilines is 1. The zero-order chi connectivity index (χ0) is 97.3. The number of aliphatic hydroxyl groups excluding tert-OH is 1. The maximum Gasteiger partial charge on any atom is 0.246 e. The zero-order valence-corrected chi connectivity index (χ0v) is 80.6. The number of allylic oxidation sites excluding steroid dienone is 5. The summed E-state index contributed by atoms with van der Waals surface area (Å²) in [7, 11) is 8.04. The molecule has 0 aromatic heterocycles. The fraction of sp³-hybridized carbons (Fsp3) is 0.691. The number of unbranched alkanes of at least 4 members (excludes halogenated alkanes) is 1. The van der Waals surface area contributed by atoms with Gasteiger partial charge in [-0.3, -0.25) is 58.8 Å². The molecule has 0 radical (unpaired) electrons. The van der Waals surface area contributed by atoms with Crippen LogP contribution in [0, 0.1) is 34.5 Å². The molecule has 4 fully saturated rings. The van der Waals surface area contributed by atoms with Crippen LogP contribution in [0.5, 0.6) is 0 Å². The van der Waals surface area contributed by atoms with E-state index in [9.17, 15) is 48.3 Å². The van der Waals surface area contributed by atoms with E-state index in [0.717, 1.165) is 76.6 Å². The van der Waals surface area contributed by atoms with Crippen molar-refractivity contribution in [3.63, 3.8) is 0 Å². The third kappa shape index (κ3) is 28.9. The number of nitrogens with one attached hydrogen (secondary N) is 10. The van der Waals surface area contributed by atoms with Gasteiger partial charge >= 0.3 is 0 Å². The molecule has 3 heterocycles. The van der Waals surface area contributed by atoms with Crippen molar-refractivity contribution in [2.45, 2.75) is 218 Å². The largest absolute Gasteiger partial charge is 0.390 e. The molecule has 10 rings (SSSR count). The van der Waals surface area contributed by atoms with E-state index >= 15 is 13.6 Å². The molecular formula is C97H149F2N14O22+. The highest BCUT2D eigenvalue weighted by Gasteiger charge is 2.80. The van der Waals surface area contributed by atoms with Crippen molar-refractivity contribution >= 4 is 75.8 Å². The summed E-state index contributed by atoms with van der Waals surface area (Å²) in [6, 6.07) is 12.9. The number of fused-ring (bicyclic) bond motifs is 9. The van der Waals surface area contributed by atoms with Crippen LogP contribution < -0.4 is 64.3 Å².